The second-order valence-corrected chi connectivity index (χ2v) is 7.65. The fraction of sp³-hybridized carbons (Fsp3) is 0.545. The number of carbonyl (C=O) groups excluding carboxylic acids is 2. The van der Waals surface area contributed by atoms with E-state index in [1.807, 2.05) is 13.8 Å². The normalized spacial score (nSPS) is 15.8. The minimum atomic E-state index is -1.09. The van der Waals surface area contributed by atoms with E-state index in [4.69, 9.17) is 14.2 Å². The zero-order chi connectivity index (χ0) is 23.8. The lowest BCUT2D eigenvalue weighted by Crippen LogP contribution is -2.46. The molecular formula is C22H31N3O7. The first kappa shape index (κ1) is 25.0. The van der Waals surface area contributed by atoms with Crippen LogP contribution < -0.4 is 20.1 Å². The second-order valence-electron chi connectivity index (χ2n) is 7.65. The van der Waals surface area contributed by atoms with Crippen molar-refractivity contribution in [3.05, 3.63) is 39.1 Å². The van der Waals surface area contributed by atoms with Crippen molar-refractivity contribution >= 4 is 17.7 Å². The Kier molecular flexibility index (Phi) is 8.86. The van der Waals surface area contributed by atoms with Gasteiger partial charge >= 0.3 is 12.0 Å². The molecule has 0 saturated carbocycles. The molecule has 1 aromatic carbocycles. The molecule has 2 N–H and O–H groups in total. The van der Waals surface area contributed by atoms with Gasteiger partial charge in [0.1, 0.15) is 0 Å². The number of rotatable bonds is 11. The number of nitrogens with one attached hydrogen (secondary N) is 2. The molecule has 32 heavy (non-hydrogen) atoms. The summed E-state index contributed by atoms with van der Waals surface area (Å²) >= 11 is 0. The van der Waals surface area contributed by atoms with Crippen molar-refractivity contribution in [3.8, 4) is 11.5 Å². The summed E-state index contributed by atoms with van der Waals surface area (Å²) in [6.45, 7) is 7.69. The summed E-state index contributed by atoms with van der Waals surface area (Å²) in [7, 11) is 1.39. The number of hydrogen-bond donors (Lipinski definition) is 2. The first-order valence-corrected chi connectivity index (χ1v) is 10.7. The van der Waals surface area contributed by atoms with Crippen molar-refractivity contribution in [1.29, 1.82) is 0 Å². The van der Waals surface area contributed by atoms with E-state index in [9.17, 15) is 19.7 Å². The Bertz CT molecular complexity index is 896. The second kappa shape index (κ2) is 11.4. The van der Waals surface area contributed by atoms with E-state index in [0.29, 0.717) is 25.1 Å². The van der Waals surface area contributed by atoms with Crippen molar-refractivity contribution in [1.82, 2.24) is 10.6 Å². The molecule has 0 spiro atoms. The standard InChI is InChI=1S/C22H31N3O7/c1-6-8-9-15-19(21(26)32-13(3)4)20(24-22(27)23-15)14-11-18(31-10-7-2)17(30-5)12-16(14)25(28)29/h11-13,20H,6-10H2,1-5H3,(H2,23,24,27). The van der Waals surface area contributed by atoms with Crippen molar-refractivity contribution < 1.29 is 28.7 Å². The number of ether oxygens (including phenoxy) is 3. The van der Waals surface area contributed by atoms with Crippen LogP contribution in [0.25, 0.3) is 0 Å². The number of unbranched alkanes of at least 4 members (excludes halogenated alkanes) is 1. The smallest absolute Gasteiger partial charge is 0.338 e. The van der Waals surface area contributed by atoms with Crippen molar-refractivity contribution in [3.63, 3.8) is 0 Å². The van der Waals surface area contributed by atoms with Gasteiger partial charge in [0.25, 0.3) is 5.69 Å². The average molecular weight is 450 g/mol. The Labute approximate surface area is 187 Å². The van der Waals surface area contributed by atoms with Crippen LogP contribution in [0.15, 0.2) is 23.4 Å². The molecule has 1 aliphatic rings. The maximum atomic E-state index is 13.0. The lowest BCUT2D eigenvalue weighted by atomic mass is 9.92. The Morgan fingerprint density at radius 1 is 1.22 bits per heavy atom. The highest BCUT2D eigenvalue weighted by atomic mass is 16.6. The number of urea groups is 1. The Hall–Kier alpha value is -3.30. The highest BCUT2D eigenvalue weighted by molar-refractivity contribution is 5.95. The van der Waals surface area contributed by atoms with E-state index in [-0.39, 0.29) is 28.3 Å². The van der Waals surface area contributed by atoms with Gasteiger partial charge in [0.05, 0.1) is 48.0 Å². The molecule has 1 atom stereocenters. The van der Waals surface area contributed by atoms with Gasteiger partial charge in [-0.2, -0.15) is 0 Å². The number of amides is 2. The van der Waals surface area contributed by atoms with Gasteiger partial charge < -0.3 is 24.8 Å². The van der Waals surface area contributed by atoms with Gasteiger partial charge in [-0.1, -0.05) is 20.3 Å². The minimum absolute atomic E-state index is 0.112. The topological polar surface area (TPSA) is 129 Å². The first-order valence-electron chi connectivity index (χ1n) is 10.7. The lowest BCUT2D eigenvalue weighted by Gasteiger charge is -2.30. The molecule has 0 radical (unpaired) electrons. The summed E-state index contributed by atoms with van der Waals surface area (Å²) < 4.78 is 16.4. The van der Waals surface area contributed by atoms with Crippen LogP contribution in [-0.4, -0.2) is 36.7 Å². The number of nitro benzene ring substituents is 1. The van der Waals surface area contributed by atoms with Gasteiger partial charge in [0.2, 0.25) is 0 Å². The Morgan fingerprint density at radius 2 is 1.94 bits per heavy atom. The number of allylic oxidation sites excluding steroid dienone is 1. The van der Waals surface area contributed by atoms with Gasteiger partial charge in [0, 0.05) is 5.70 Å². The molecular weight excluding hydrogens is 418 g/mol. The summed E-state index contributed by atoms with van der Waals surface area (Å²) in [6.07, 6.45) is 2.28. The molecule has 1 unspecified atom stereocenters. The Balaban J connectivity index is 2.72. The van der Waals surface area contributed by atoms with Gasteiger partial charge in [-0.15, -0.1) is 0 Å². The summed E-state index contributed by atoms with van der Waals surface area (Å²) in [4.78, 5) is 36.8. The molecule has 0 aromatic heterocycles. The van der Waals surface area contributed by atoms with Crippen molar-refractivity contribution in [2.24, 2.45) is 0 Å². The van der Waals surface area contributed by atoms with E-state index in [1.165, 1.54) is 19.2 Å². The van der Waals surface area contributed by atoms with E-state index in [2.05, 4.69) is 10.6 Å². The van der Waals surface area contributed by atoms with Crippen LogP contribution in [0.3, 0.4) is 0 Å². The number of hydrogen-bond acceptors (Lipinski definition) is 7. The summed E-state index contributed by atoms with van der Waals surface area (Å²) in [5.41, 5.74) is 0.345. The monoisotopic (exact) mass is 449 g/mol. The third-order valence-electron chi connectivity index (χ3n) is 4.78. The van der Waals surface area contributed by atoms with Crippen LogP contribution in [0.5, 0.6) is 11.5 Å². The SMILES string of the molecule is CCCCC1=C(C(=O)OC(C)C)C(c2cc(OCCC)c(OC)cc2[N+](=O)[O-])NC(=O)N1. The predicted molar refractivity (Wildman–Crippen MR) is 118 cm³/mol. The molecule has 1 heterocycles. The summed E-state index contributed by atoms with van der Waals surface area (Å²) in [5.74, 6) is -0.171. The number of esters is 1. The highest BCUT2D eigenvalue weighted by Crippen LogP contribution is 2.41. The Morgan fingerprint density at radius 3 is 2.50 bits per heavy atom. The molecule has 1 aliphatic heterocycles. The molecule has 0 fully saturated rings. The maximum Gasteiger partial charge on any atom is 0.338 e. The molecule has 0 saturated heterocycles. The number of nitrogens with zero attached hydrogens (tertiary/aromatic N) is 1. The van der Waals surface area contributed by atoms with Gasteiger partial charge in [-0.25, -0.2) is 9.59 Å². The lowest BCUT2D eigenvalue weighted by molar-refractivity contribution is -0.385. The molecule has 176 valence electrons. The molecule has 0 aliphatic carbocycles. The average Bonchev–Trinajstić information content (AvgIpc) is 2.74. The fourth-order valence-electron chi connectivity index (χ4n) is 3.36. The molecule has 2 amide bonds. The van der Waals surface area contributed by atoms with Crippen LogP contribution in [0.2, 0.25) is 0 Å². The third kappa shape index (κ3) is 5.89. The van der Waals surface area contributed by atoms with E-state index in [0.717, 1.165) is 12.8 Å². The summed E-state index contributed by atoms with van der Waals surface area (Å²) in [6, 6.07) is 1.05. The maximum absolute atomic E-state index is 13.0. The zero-order valence-electron chi connectivity index (χ0n) is 19.1. The first-order chi connectivity index (χ1) is 15.2. The molecule has 10 heteroatoms. The predicted octanol–water partition coefficient (Wildman–Crippen LogP) is 4.14. The highest BCUT2D eigenvalue weighted by Gasteiger charge is 2.38. The van der Waals surface area contributed by atoms with Gasteiger partial charge in [0.15, 0.2) is 11.5 Å². The number of methoxy groups -OCH3 is 1. The zero-order valence-corrected chi connectivity index (χ0v) is 19.1. The van der Waals surface area contributed by atoms with Gasteiger partial charge in [-0.05, 0) is 39.2 Å². The fourth-order valence-corrected chi connectivity index (χ4v) is 3.36. The minimum Gasteiger partial charge on any atom is -0.493 e. The van der Waals surface area contributed by atoms with Crippen LogP contribution in [0, 0.1) is 10.1 Å². The van der Waals surface area contributed by atoms with Crippen LogP contribution in [-0.2, 0) is 9.53 Å². The van der Waals surface area contributed by atoms with Crippen molar-refractivity contribution in [2.45, 2.75) is 65.5 Å². The largest absolute Gasteiger partial charge is 0.493 e. The van der Waals surface area contributed by atoms with E-state index < -0.39 is 29.1 Å². The molecule has 0 bridgehead atoms. The molecule has 1 aromatic rings. The van der Waals surface area contributed by atoms with Crippen LogP contribution >= 0.6 is 0 Å². The quantitative estimate of drug-likeness (QED) is 0.295. The number of benzene rings is 1. The van der Waals surface area contributed by atoms with Crippen LogP contribution in [0.4, 0.5) is 10.5 Å². The third-order valence-corrected chi connectivity index (χ3v) is 4.78. The molecule has 2 rings (SSSR count). The van der Waals surface area contributed by atoms with Gasteiger partial charge in [-0.3, -0.25) is 10.1 Å². The van der Waals surface area contributed by atoms with E-state index in [1.54, 1.807) is 13.8 Å². The van der Waals surface area contributed by atoms with Crippen molar-refractivity contribution in [2.75, 3.05) is 13.7 Å². The summed E-state index contributed by atoms with van der Waals surface area (Å²) in [5, 5.41) is 17.2. The number of carbonyl (C=O) groups is 2. The number of nitro groups is 1. The molecule has 10 nitrogen and oxygen atoms in total. The van der Waals surface area contributed by atoms with Crippen LogP contribution in [0.1, 0.15) is 65.0 Å². The van der Waals surface area contributed by atoms with E-state index >= 15 is 0 Å².